The number of benzene rings is 3. The maximum atomic E-state index is 9.67. The Balaban J connectivity index is 2.08. The summed E-state index contributed by atoms with van der Waals surface area (Å²) in [6.07, 6.45) is 3.33. The van der Waals surface area contributed by atoms with Gasteiger partial charge in [0.05, 0.1) is 18.2 Å². The number of ether oxygens (including phenoxy) is 1. The number of hydrogen-bond acceptors (Lipinski definition) is 2. The first kappa shape index (κ1) is 17.8. The van der Waals surface area contributed by atoms with Crippen molar-refractivity contribution in [2.75, 3.05) is 6.61 Å². The van der Waals surface area contributed by atoms with Gasteiger partial charge in [0, 0.05) is 5.56 Å². The van der Waals surface area contributed by atoms with E-state index < -0.39 is 0 Å². The van der Waals surface area contributed by atoms with Crippen molar-refractivity contribution in [1.82, 2.24) is 0 Å². The average Bonchev–Trinajstić information content (AvgIpc) is 2.71. The summed E-state index contributed by atoms with van der Waals surface area (Å²) in [5.41, 5.74) is 4.79. The molecule has 2 heteroatoms. The lowest BCUT2D eigenvalue weighted by molar-refractivity contribution is 0.307. The molecule has 130 valence electrons. The maximum Gasteiger partial charge on any atom is 0.128 e. The Kier molecular flexibility index (Phi) is 6.06. The van der Waals surface area contributed by atoms with Crippen molar-refractivity contribution >= 4 is 0 Å². The van der Waals surface area contributed by atoms with Gasteiger partial charge in [0.2, 0.25) is 0 Å². The summed E-state index contributed by atoms with van der Waals surface area (Å²) in [6.45, 7) is 2.85. The van der Waals surface area contributed by atoms with Crippen LogP contribution < -0.4 is 4.74 Å². The van der Waals surface area contributed by atoms with Crippen LogP contribution in [0.25, 0.3) is 22.3 Å². The van der Waals surface area contributed by atoms with Gasteiger partial charge in [0.1, 0.15) is 5.75 Å². The van der Waals surface area contributed by atoms with E-state index in [9.17, 15) is 5.26 Å². The van der Waals surface area contributed by atoms with Gasteiger partial charge >= 0.3 is 0 Å². The summed E-state index contributed by atoms with van der Waals surface area (Å²) in [5.74, 6) is 0.781. The topological polar surface area (TPSA) is 33.0 Å². The summed E-state index contributed by atoms with van der Waals surface area (Å²) >= 11 is 0. The predicted octanol–water partition coefficient (Wildman–Crippen LogP) is 6.46. The first-order valence-electron chi connectivity index (χ1n) is 9.16. The molecule has 0 saturated heterocycles. The maximum absolute atomic E-state index is 9.67. The fraction of sp³-hybridized carbons (Fsp3) is 0.208. The van der Waals surface area contributed by atoms with Crippen LogP contribution in [-0.2, 0) is 0 Å². The molecule has 2 nitrogen and oxygen atoms in total. The highest BCUT2D eigenvalue weighted by atomic mass is 16.5. The van der Waals surface area contributed by atoms with Crippen LogP contribution in [0.15, 0.2) is 72.8 Å². The Morgan fingerprint density at radius 2 is 1.54 bits per heavy atom. The zero-order valence-electron chi connectivity index (χ0n) is 15.1. The average molecular weight is 341 g/mol. The van der Waals surface area contributed by atoms with Gasteiger partial charge < -0.3 is 4.74 Å². The standard InChI is InChI=1S/C24H23NO/c1-2-3-9-17-26-23-16-10-13-20(18-25)24(23)22-15-8-7-14-21(22)19-11-5-4-6-12-19/h4-8,10-16H,2-3,9,17H2,1H3. The zero-order chi connectivity index (χ0) is 18.2. The highest BCUT2D eigenvalue weighted by Gasteiger charge is 2.16. The second-order valence-electron chi connectivity index (χ2n) is 6.26. The molecule has 0 N–H and O–H groups in total. The van der Waals surface area contributed by atoms with E-state index in [4.69, 9.17) is 4.74 Å². The molecule has 0 heterocycles. The fourth-order valence-corrected chi connectivity index (χ4v) is 3.13. The monoisotopic (exact) mass is 341 g/mol. The van der Waals surface area contributed by atoms with Crippen LogP contribution >= 0.6 is 0 Å². The van der Waals surface area contributed by atoms with E-state index in [-0.39, 0.29) is 0 Å². The van der Waals surface area contributed by atoms with Crippen LogP contribution in [0.2, 0.25) is 0 Å². The van der Waals surface area contributed by atoms with Gasteiger partial charge in [0.15, 0.2) is 0 Å². The van der Waals surface area contributed by atoms with E-state index in [1.165, 1.54) is 0 Å². The van der Waals surface area contributed by atoms with Gasteiger partial charge in [-0.1, -0.05) is 80.4 Å². The summed E-state index contributed by atoms with van der Waals surface area (Å²) in [6, 6.07) is 26.5. The molecule has 0 aliphatic heterocycles. The van der Waals surface area contributed by atoms with Crippen molar-refractivity contribution < 1.29 is 4.74 Å². The number of nitrogens with zero attached hydrogens (tertiary/aromatic N) is 1. The third kappa shape index (κ3) is 3.95. The molecular formula is C24H23NO. The number of nitriles is 1. The first-order valence-corrected chi connectivity index (χ1v) is 9.16. The van der Waals surface area contributed by atoms with Crippen molar-refractivity contribution in [2.24, 2.45) is 0 Å². The zero-order valence-corrected chi connectivity index (χ0v) is 15.1. The van der Waals surface area contributed by atoms with Crippen LogP contribution in [-0.4, -0.2) is 6.61 Å². The summed E-state index contributed by atoms with van der Waals surface area (Å²) in [7, 11) is 0. The second-order valence-corrected chi connectivity index (χ2v) is 6.26. The van der Waals surface area contributed by atoms with Gasteiger partial charge in [-0.05, 0) is 35.2 Å². The molecule has 3 aromatic carbocycles. The molecule has 0 aromatic heterocycles. The normalized spacial score (nSPS) is 10.3. The van der Waals surface area contributed by atoms with Gasteiger partial charge in [-0.25, -0.2) is 0 Å². The Hall–Kier alpha value is -3.05. The smallest absolute Gasteiger partial charge is 0.128 e. The molecule has 0 saturated carbocycles. The van der Waals surface area contributed by atoms with Gasteiger partial charge in [-0.15, -0.1) is 0 Å². The lowest BCUT2D eigenvalue weighted by atomic mass is 9.91. The van der Waals surface area contributed by atoms with Crippen molar-refractivity contribution in [3.05, 3.63) is 78.4 Å². The van der Waals surface area contributed by atoms with Crippen LogP contribution in [0, 0.1) is 11.3 Å². The Morgan fingerprint density at radius 3 is 2.27 bits per heavy atom. The molecule has 0 radical (unpaired) electrons. The third-order valence-corrected chi connectivity index (χ3v) is 4.43. The van der Waals surface area contributed by atoms with E-state index >= 15 is 0 Å². The first-order chi connectivity index (χ1) is 12.8. The van der Waals surface area contributed by atoms with Crippen LogP contribution in [0.5, 0.6) is 5.75 Å². The Bertz CT molecular complexity index is 894. The largest absolute Gasteiger partial charge is 0.493 e. The molecule has 0 atom stereocenters. The highest BCUT2D eigenvalue weighted by molar-refractivity contribution is 5.88. The van der Waals surface area contributed by atoms with E-state index in [1.54, 1.807) is 0 Å². The van der Waals surface area contributed by atoms with Gasteiger partial charge in [-0.3, -0.25) is 0 Å². The van der Waals surface area contributed by atoms with E-state index in [0.29, 0.717) is 12.2 Å². The molecule has 0 unspecified atom stereocenters. The molecule has 0 amide bonds. The minimum Gasteiger partial charge on any atom is -0.493 e. The Morgan fingerprint density at radius 1 is 0.808 bits per heavy atom. The predicted molar refractivity (Wildman–Crippen MR) is 107 cm³/mol. The van der Waals surface area contributed by atoms with E-state index in [1.807, 2.05) is 48.5 Å². The summed E-state index contributed by atoms with van der Waals surface area (Å²) in [5, 5.41) is 9.67. The van der Waals surface area contributed by atoms with E-state index in [2.05, 4.69) is 37.3 Å². The quantitative estimate of drug-likeness (QED) is 0.462. The molecule has 0 aliphatic carbocycles. The number of unbranched alkanes of at least 4 members (excludes halogenated alkanes) is 2. The molecule has 0 spiro atoms. The van der Waals surface area contributed by atoms with Crippen molar-refractivity contribution in [1.29, 1.82) is 5.26 Å². The Labute approximate surface area is 155 Å². The SMILES string of the molecule is CCCCCOc1cccc(C#N)c1-c1ccccc1-c1ccccc1. The number of hydrogen-bond donors (Lipinski definition) is 0. The molecular weight excluding hydrogens is 318 g/mol. The highest BCUT2D eigenvalue weighted by Crippen LogP contribution is 2.39. The van der Waals surface area contributed by atoms with Crippen molar-refractivity contribution in [2.45, 2.75) is 26.2 Å². The molecule has 0 fully saturated rings. The van der Waals surface area contributed by atoms with Crippen molar-refractivity contribution in [3.63, 3.8) is 0 Å². The molecule has 0 aliphatic rings. The number of rotatable bonds is 7. The summed E-state index contributed by atoms with van der Waals surface area (Å²) in [4.78, 5) is 0. The molecule has 3 aromatic rings. The van der Waals surface area contributed by atoms with Crippen molar-refractivity contribution in [3.8, 4) is 34.1 Å². The van der Waals surface area contributed by atoms with Crippen LogP contribution in [0.3, 0.4) is 0 Å². The minimum atomic E-state index is 0.640. The van der Waals surface area contributed by atoms with E-state index in [0.717, 1.165) is 47.3 Å². The molecule has 26 heavy (non-hydrogen) atoms. The van der Waals surface area contributed by atoms with Crippen LogP contribution in [0.4, 0.5) is 0 Å². The second kappa shape index (κ2) is 8.87. The third-order valence-electron chi connectivity index (χ3n) is 4.43. The summed E-state index contributed by atoms with van der Waals surface area (Å²) < 4.78 is 6.08. The van der Waals surface area contributed by atoms with Gasteiger partial charge in [0.25, 0.3) is 0 Å². The molecule has 0 bridgehead atoms. The fourth-order valence-electron chi connectivity index (χ4n) is 3.13. The van der Waals surface area contributed by atoms with Crippen LogP contribution in [0.1, 0.15) is 31.7 Å². The lowest BCUT2D eigenvalue weighted by Crippen LogP contribution is -2.00. The lowest BCUT2D eigenvalue weighted by Gasteiger charge is -2.16. The van der Waals surface area contributed by atoms with Gasteiger partial charge in [-0.2, -0.15) is 5.26 Å². The molecule has 3 rings (SSSR count). The minimum absolute atomic E-state index is 0.640.